The summed E-state index contributed by atoms with van der Waals surface area (Å²) in [6, 6.07) is 3.88. The van der Waals surface area contributed by atoms with E-state index in [4.69, 9.17) is 10.2 Å². The molecule has 0 fully saturated rings. The molecule has 0 saturated carbocycles. The van der Waals surface area contributed by atoms with E-state index in [1.54, 1.807) is 29.4 Å². The number of nitrogens with zero attached hydrogens (tertiary/aromatic N) is 1. The van der Waals surface area contributed by atoms with Gasteiger partial charge in [0.1, 0.15) is 5.76 Å². The van der Waals surface area contributed by atoms with Gasteiger partial charge in [0.05, 0.1) is 11.5 Å². The largest absolute Gasteiger partial charge is 0.468 e. The van der Waals surface area contributed by atoms with Crippen molar-refractivity contribution in [2.75, 3.05) is 0 Å². The molecule has 0 aromatic carbocycles. The van der Waals surface area contributed by atoms with Crippen molar-refractivity contribution in [3.8, 4) is 0 Å². The molecule has 3 nitrogen and oxygen atoms in total. The van der Waals surface area contributed by atoms with Gasteiger partial charge in [-0.25, -0.2) is 4.98 Å². The monoisotopic (exact) mass is 254 g/mol. The number of hydrogen-bond acceptors (Lipinski definition) is 5. The summed E-state index contributed by atoms with van der Waals surface area (Å²) < 4.78 is 6.45. The van der Waals surface area contributed by atoms with Crippen LogP contribution < -0.4 is 5.73 Å². The van der Waals surface area contributed by atoms with Crippen LogP contribution in [0.1, 0.15) is 23.6 Å². The summed E-state index contributed by atoms with van der Waals surface area (Å²) in [6.07, 6.45) is 1.68. The average molecular weight is 254 g/mol. The zero-order valence-electron chi connectivity index (χ0n) is 9.21. The Morgan fingerprint density at radius 1 is 1.56 bits per heavy atom. The lowest BCUT2D eigenvalue weighted by atomic mass is 10.2. The first-order chi connectivity index (χ1) is 7.66. The van der Waals surface area contributed by atoms with Gasteiger partial charge in [-0.3, -0.25) is 0 Å². The van der Waals surface area contributed by atoms with Crippen LogP contribution in [0.2, 0.25) is 0 Å². The number of aromatic nitrogens is 1. The molecule has 2 aromatic rings. The molecule has 2 aromatic heterocycles. The first kappa shape index (κ1) is 11.7. The highest BCUT2D eigenvalue weighted by Crippen LogP contribution is 2.38. The minimum Gasteiger partial charge on any atom is -0.468 e. The van der Waals surface area contributed by atoms with Crippen LogP contribution in [0.5, 0.6) is 0 Å². The highest BCUT2D eigenvalue weighted by atomic mass is 32.2. The summed E-state index contributed by atoms with van der Waals surface area (Å²) in [7, 11) is 0. The van der Waals surface area contributed by atoms with Gasteiger partial charge in [0.25, 0.3) is 0 Å². The molecule has 2 N–H and O–H groups in total. The van der Waals surface area contributed by atoms with E-state index in [0.717, 1.165) is 15.8 Å². The van der Waals surface area contributed by atoms with Gasteiger partial charge in [-0.1, -0.05) is 11.8 Å². The van der Waals surface area contributed by atoms with E-state index in [0.29, 0.717) is 0 Å². The van der Waals surface area contributed by atoms with Crippen molar-refractivity contribution in [3.05, 3.63) is 35.2 Å². The van der Waals surface area contributed by atoms with Crippen LogP contribution >= 0.6 is 23.1 Å². The highest BCUT2D eigenvalue weighted by molar-refractivity contribution is 8.01. The SMILES string of the molecule is Cc1csc(SC(c2ccco2)C(C)N)n1. The predicted octanol–water partition coefficient (Wildman–Crippen LogP) is 3.23. The summed E-state index contributed by atoms with van der Waals surface area (Å²) in [5, 5.41) is 2.17. The van der Waals surface area contributed by atoms with Crippen LogP contribution in [0, 0.1) is 6.92 Å². The standard InChI is InChI=1S/C11H14N2OS2/c1-7-6-15-11(13-7)16-10(8(2)12)9-4-3-5-14-9/h3-6,8,10H,12H2,1-2H3. The summed E-state index contributed by atoms with van der Waals surface area (Å²) in [4.78, 5) is 4.43. The number of hydrogen-bond donors (Lipinski definition) is 1. The molecule has 2 rings (SSSR count). The molecule has 0 aliphatic carbocycles. The Bertz CT molecular complexity index is 437. The quantitative estimate of drug-likeness (QED) is 0.851. The molecule has 0 spiro atoms. The van der Waals surface area contributed by atoms with Crippen LogP contribution in [0.15, 0.2) is 32.5 Å². The second-order valence-corrected chi connectivity index (χ2v) is 5.91. The van der Waals surface area contributed by atoms with E-state index < -0.39 is 0 Å². The van der Waals surface area contributed by atoms with E-state index >= 15 is 0 Å². The van der Waals surface area contributed by atoms with Crippen LogP contribution in [0.25, 0.3) is 0 Å². The zero-order chi connectivity index (χ0) is 11.5. The van der Waals surface area contributed by atoms with Gasteiger partial charge in [0.15, 0.2) is 4.34 Å². The molecule has 2 unspecified atom stereocenters. The van der Waals surface area contributed by atoms with Crippen molar-refractivity contribution < 1.29 is 4.42 Å². The lowest BCUT2D eigenvalue weighted by Gasteiger charge is -2.16. The van der Waals surface area contributed by atoms with E-state index in [1.165, 1.54) is 0 Å². The van der Waals surface area contributed by atoms with Crippen LogP contribution in [0.4, 0.5) is 0 Å². The van der Waals surface area contributed by atoms with Crippen molar-refractivity contribution in [2.45, 2.75) is 29.5 Å². The highest BCUT2D eigenvalue weighted by Gasteiger charge is 2.21. The van der Waals surface area contributed by atoms with Gasteiger partial charge in [-0.05, 0) is 26.0 Å². The normalized spacial score (nSPS) is 14.9. The lowest BCUT2D eigenvalue weighted by Crippen LogP contribution is -2.22. The van der Waals surface area contributed by atoms with Crippen molar-refractivity contribution in [2.24, 2.45) is 5.73 Å². The third-order valence-corrected chi connectivity index (χ3v) is 4.66. The molecule has 5 heteroatoms. The Morgan fingerprint density at radius 2 is 2.38 bits per heavy atom. The van der Waals surface area contributed by atoms with Gasteiger partial charge in [0.2, 0.25) is 0 Å². The predicted molar refractivity (Wildman–Crippen MR) is 67.8 cm³/mol. The molecule has 2 heterocycles. The summed E-state index contributed by atoms with van der Waals surface area (Å²) >= 11 is 3.31. The fourth-order valence-corrected chi connectivity index (χ4v) is 3.45. The van der Waals surface area contributed by atoms with E-state index in [1.807, 2.05) is 31.4 Å². The average Bonchev–Trinajstić information content (AvgIpc) is 2.84. The summed E-state index contributed by atoms with van der Waals surface area (Å²) in [5.41, 5.74) is 7.03. The van der Waals surface area contributed by atoms with Gasteiger partial charge in [-0.15, -0.1) is 11.3 Å². The Hall–Kier alpha value is -0.780. The van der Waals surface area contributed by atoms with Gasteiger partial charge in [0, 0.05) is 17.1 Å². The molecule has 86 valence electrons. The fraction of sp³-hybridized carbons (Fsp3) is 0.364. The molecule has 16 heavy (non-hydrogen) atoms. The van der Waals surface area contributed by atoms with Crippen molar-refractivity contribution in [1.82, 2.24) is 4.98 Å². The van der Waals surface area contributed by atoms with Gasteiger partial charge in [-0.2, -0.15) is 0 Å². The molecular formula is C11H14N2OS2. The molecule has 0 radical (unpaired) electrons. The van der Waals surface area contributed by atoms with E-state index in [-0.39, 0.29) is 11.3 Å². The molecular weight excluding hydrogens is 240 g/mol. The molecule has 0 saturated heterocycles. The van der Waals surface area contributed by atoms with Crippen molar-refractivity contribution in [1.29, 1.82) is 0 Å². The fourth-order valence-electron chi connectivity index (χ4n) is 1.37. The van der Waals surface area contributed by atoms with Crippen LogP contribution in [-0.2, 0) is 0 Å². The Kier molecular flexibility index (Phi) is 3.68. The maximum Gasteiger partial charge on any atom is 0.150 e. The minimum atomic E-state index is 0.0281. The van der Waals surface area contributed by atoms with Crippen LogP contribution in [0.3, 0.4) is 0 Å². The maximum atomic E-state index is 5.98. The van der Waals surface area contributed by atoms with E-state index in [9.17, 15) is 0 Å². The lowest BCUT2D eigenvalue weighted by molar-refractivity contribution is 0.486. The number of nitrogens with two attached hydrogens (primary N) is 1. The summed E-state index contributed by atoms with van der Waals surface area (Å²) in [5.74, 6) is 0.910. The second-order valence-electron chi connectivity index (χ2n) is 3.67. The molecule has 0 aliphatic rings. The Morgan fingerprint density at radius 3 is 2.88 bits per heavy atom. The summed E-state index contributed by atoms with van der Waals surface area (Å²) in [6.45, 7) is 3.98. The molecule has 2 atom stereocenters. The zero-order valence-corrected chi connectivity index (χ0v) is 10.8. The Balaban J connectivity index is 2.15. The molecule has 0 bridgehead atoms. The smallest absolute Gasteiger partial charge is 0.150 e. The van der Waals surface area contributed by atoms with Crippen LogP contribution in [-0.4, -0.2) is 11.0 Å². The first-order valence-electron chi connectivity index (χ1n) is 5.04. The maximum absolute atomic E-state index is 5.98. The number of rotatable bonds is 4. The number of thioether (sulfide) groups is 1. The molecule has 0 amide bonds. The number of aryl methyl sites for hydroxylation is 1. The first-order valence-corrected chi connectivity index (χ1v) is 6.80. The third-order valence-electron chi connectivity index (χ3n) is 2.13. The van der Waals surface area contributed by atoms with Gasteiger partial charge >= 0.3 is 0 Å². The number of thiazole rings is 1. The minimum absolute atomic E-state index is 0.0281. The number of furan rings is 1. The third kappa shape index (κ3) is 2.66. The van der Waals surface area contributed by atoms with Gasteiger partial charge < -0.3 is 10.2 Å². The Labute approximate surface area is 103 Å². The van der Waals surface area contributed by atoms with Crippen molar-refractivity contribution >= 4 is 23.1 Å². The van der Waals surface area contributed by atoms with Crippen molar-refractivity contribution in [3.63, 3.8) is 0 Å². The second kappa shape index (κ2) is 5.03. The topological polar surface area (TPSA) is 52.0 Å². The molecule has 0 aliphatic heterocycles. The van der Waals surface area contributed by atoms with E-state index in [2.05, 4.69) is 4.98 Å².